The lowest BCUT2D eigenvalue weighted by Crippen LogP contribution is -1.96. The molecule has 11 rings (SSSR count). The van der Waals surface area contributed by atoms with Gasteiger partial charge in [-0.15, -0.1) is 0 Å². The van der Waals surface area contributed by atoms with Crippen LogP contribution < -0.4 is 0 Å². The second-order valence-electron chi connectivity index (χ2n) is 16.2. The average Bonchev–Trinajstić information content (AvgIpc) is 3.87. The van der Waals surface area contributed by atoms with Crippen molar-refractivity contribution in [3.8, 4) is 66.8 Å². The quantitative estimate of drug-likeness (QED) is 0.168. The highest BCUT2D eigenvalue weighted by Gasteiger charge is 2.24. The van der Waals surface area contributed by atoms with Crippen molar-refractivity contribution in [3.05, 3.63) is 204 Å². The summed E-state index contributed by atoms with van der Waals surface area (Å²) in [4.78, 5) is 0. The Kier molecular flexibility index (Phi) is 8.42. The van der Waals surface area contributed by atoms with Gasteiger partial charge in [0, 0.05) is 32.7 Å². The first-order chi connectivity index (χ1) is 29.4. The van der Waals surface area contributed by atoms with Crippen molar-refractivity contribution < 1.29 is 8.83 Å². The SMILES string of the molecule is Cc1cc(-c2c(C)cc(-c3ccc(-c4ccccc4)cc3)c3oc4ccccc4c23)c(C)cc1-c1c(C)cc(-c2ccc(-c3ccccc3)cc2)c2c1oc1ccccc12. The topological polar surface area (TPSA) is 26.3 Å². The van der Waals surface area contributed by atoms with E-state index < -0.39 is 0 Å². The van der Waals surface area contributed by atoms with Crippen LogP contribution in [0.3, 0.4) is 0 Å². The zero-order chi connectivity index (χ0) is 40.5. The zero-order valence-electron chi connectivity index (χ0n) is 34.1. The van der Waals surface area contributed by atoms with Gasteiger partial charge in [0.05, 0.1) is 0 Å². The van der Waals surface area contributed by atoms with Crippen LogP contribution in [-0.2, 0) is 0 Å². The molecule has 0 bridgehead atoms. The molecule has 0 N–H and O–H groups in total. The van der Waals surface area contributed by atoms with Crippen LogP contribution in [-0.4, -0.2) is 0 Å². The van der Waals surface area contributed by atoms with Crippen molar-refractivity contribution in [2.45, 2.75) is 27.7 Å². The van der Waals surface area contributed by atoms with E-state index in [1.54, 1.807) is 0 Å². The van der Waals surface area contributed by atoms with Crippen LogP contribution in [0.2, 0.25) is 0 Å². The van der Waals surface area contributed by atoms with Crippen LogP contribution in [0.4, 0.5) is 0 Å². The number of rotatable bonds is 6. The van der Waals surface area contributed by atoms with Crippen molar-refractivity contribution >= 4 is 43.9 Å². The number of furan rings is 2. The molecule has 0 radical (unpaired) electrons. The van der Waals surface area contributed by atoms with Gasteiger partial charge in [0.15, 0.2) is 0 Å². The van der Waals surface area contributed by atoms with Crippen LogP contribution in [0, 0.1) is 27.7 Å². The molecular weight excluding hydrogens is 729 g/mol. The van der Waals surface area contributed by atoms with Crippen LogP contribution in [0.25, 0.3) is 111 Å². The van der Waals surface area contributed by atoms with E-state index in [-0.39, 0.29) is 0 Å². The molecule has 11 aromatic rings. The summed E-state index contributed by atoms with van der Waals surface area (Å²) < 4.78 is 13.7. The first-order valence-electron chi connectivity index (χ1n) is 20.7. The molecule has 0 saturated carbocycles. The van der Waals surface area contributed by atoms with Crippen LogP contribution in [0.15, 0.2) is 191 Å². The highest BCUT2D eigenvalue weighted by atomic mass is 16.3. The molecule has 286 valence electrons. The normalized spacial score (nSPS) is 11.7. The van der Waals surface area contributed by atoms with Crippen molar-refractivity contribution in [3.63, 3.8) is 0 Å². The van der Waals surface area contributed by atoms with Gasteiger partial charge >= 0.3 is 0 Å². The summed E-state index contributed by atoms with van der Waals surface area (Å²) in [7, 11) is 0. The average molecular weight is 771 g/mol. The fourth-order valence-electron chi connectivity index (χ4n) is 9.49. The Balaban J connectivity index is 1.07. The Hall–Kier alpha value is -7.42. The van der Waals surface area contributed by atoms with Crippen LogP contribution in [0.5, 0.6) is 0 Å². The Morgan fingerprint density at radius 1 is 0.283 bits per heavy atom. The lowest BCUT2D eigenvalue weighted by atomic mass is 9.84. The van der Waals surface area contributed by atoms with E-state index in [9.17, 15) is 0 Å². The number of fused-ring (bicyclic) bond motifs is 6. The minimum atomic E-state index is 0.894. The Morgan fingerprint density at radius 3 is 1.23 bits per heavy atom. The van der Waals surface area contributed by atoms with Gasteiger partial charge in [-0.3, -0.25) is 0 Å². The molecule has 9 aromatic carbocycles. The van der Waals surface area contributed by atoms with Crippen molar-refractivity contribution in [2.75, 3.05) is 0 Å². The summed E-state index contributed by atoms with van der Waals surface area (Å²) in [6.45, 7) is 8.96. The van der Waals surface area contributed by atoms with Gasteiger partial charge in [-0.05, 0) is 130 Å². The Morgan fingerprint density at radius 2 is 0.667 bits per heavy atom. The third-order valence-corrected chi connectivity index (χ3v) is 12.4. The van der Waals surface area contributed by atoms with E-state index in [0.717, 1.165) is 60.6 Å². The fourth-order valence-corrected chi connectivity index (χ4v) is 9.49. The predicted octanol–water partition coefficient (Wildman–Crippen LogP) is 16.7. The van der Waals surface area contributed by atoms with Crippen molar-refractivity contribution in [2.24, 2.45) is 0 Å². The molecule has 0 amide bonds. The predicted molar refractivity (Wildman–Crippen MR) is 253 cm³/mol. The summed E-state index contributed by atoms with van der Waals surface area (Å²) in [5, 5.41) is 4.55. The van der Waals surface area contributed by atoms with Crippen molar-refractivity contribution in [1.29, 1.82) is 0 Å². The lowest BCUT2D eigenvalue weighted by Gasteiger charge is -2.19. The minimum Gasteiger partial charge on any atom is -0.455 e. The number of benzene rings is 9. The number of hydrogen-bond donors (Lipinski definition) is 0. The van der Waals surface area contributed by atoms with E-state index >= 15 is 0 Å². The molecule has 0 saturated heterocycles. The van der Waals surface area contributed by atoms with E-state index in [4.69, 9.17) is 8.83 Å². The maximum Gasteiger partial charge on any atom is 0.144 e. The molecule has 2 heterocycles. The molecule has 0 unspecified atom stereocenters. The summed E-state index contributed by atoms with van der Waals surface area (Å²) in [5.41, 5.74) is 22.6. The maximum atomic E-state index is 6.87. The molecule has 0 aliphatic carbocycles. The van der Waals surface area contributed by atoms with Gasteiger partial charge in [-0.1, -0.05) is 158 Å². The van der Waals surface area contributed by atoms with Gasteiger partial charge in [-0.25, -0.2) is 0 Å². The molecule has 0 spiro atoms. The second kappa shape index (κ2) is 14.1. The summed E-state index contributed by atoms with van der Waals surface area (Å²) in [5.74, 6) is 0. The van der Waals surface area contributed by atoms with Gasteiger partial charge in [0.2, 0.25) is 0 Å². The summed E-state index contributed by atoms with van der Waals surface area (Å²) >= 11 is 0. The van der Waals surface area contributed by atoms with E-state index in [0.29, 0.717) is 0 Å². The van der Waals surface area contributed by atoms with E-state index in [1.165, 1.54) is 72.3 Å². The highest BCUT2D eigenvalue weighted by Crippen LogP contribution is 2.48. The number of para-hydroxylation sites is 2. The smallest absolute Gasteiger partial charge is 0.144 e. The largest absolute Gasteiger partial charge is 0.455 e. The minimum absolute atomic E-state index is 0.894. The number of aryl methyl sites for hydroxylation is 4. The van der Waals surface area contributed by atoms with E-state index in [2.05, 4.69) is 210 Å². The van der Waals surface area contributed by atoms with Gasteiger partial charge in [0.1, 0.15) is 22.3 Å². The monoisotopic (exact) mass is 770 g/mol. The van der Waals surface area contributed by atoms with E-state index in [1.807, 2.05) is 0 Å². The molecule has 60 heavy (non-hydrogen) atoms. The molecule has 0 fully saturated rings. The molecule has 0 aliphatic heterocycles. The zero-order valence-corrected chi connectivity index (χ0v) is 34.1. The summed E-state index contributed by atoms with van der Waals surface area (Å²) in [6.07, 6.45) is 0. The Labute approximate surface area is 350 Å². The molecule has 2 heteroatoms. The first kappa shape index (κ1) is 35.7. The van der Waals surface area contributed by atoms with Crippen LogP contribution in [0.1, 0.15) is 22.3 Å². The molecule has 2 nitrogen and oxygen atoms in total. The van der Waals surface area contributed by atoms with Crippen LogP contribution >= 0.6 is 0 Å². The van der Waals surface area contributed by atoms with Gasteiger partial charge in [0.25, 0.3) is 0 Å². The third kappa shape index (κ3) is 5.79. The first-order valence-corrected chi connectivity index (χ1v) is 20.7. The van der Waals surface area contributed by atoms with Gasteiger partial charge in [-0.2, -0.15) is 0 Å². The van der Waals surface area contributed by atoms with Crippen molar-refractivity contribution in [1.82, 2.24) is 0 Å². The summed E-state index contributed by atoms with van der Waals surface area (Å²) in [6, 6.07) is 65.2. The highest BCUT2D eigenvalue weighted by molar-refractivity contribution is 6.19. The molecule has 0 aliphatic rings. The Bertz CT molecular complexity index is 3420. The maximum absolute atomic E-state index is 6.87. The second-order valence-corrected chi connectivity index (χ2v) is 16.2. The standard InChI is InChI=1S/C58H42O2/c1-35-32-48(54-38(4)33-49(55-45-19-11-13-21-51(45)60-58(54)55)43-27-23-41(24-28-43)39-15-7-5-8-16-39)36(2)31-47(35)53-37(3)34-50(57-56(53)46-20-12-14-22-52(46)59-57)44-29-25-42(26-30-44)40-17-9-6-10-18-40/h5-34H,1-4H3. The fraction of sp³-hybridized carbons (Fsp3) is 0.0690. The number of hydrogen-bond acceptors (Lipinski definition) is 2. The van der Waals surface area contributed by atoms with Gasteiger partial charge < -0.3 is 8.83 Å². The molecular formula is C58H42O2. The molecule has 2 aromatic heterocycles. The lowest BCUT2D eigenvalue weighted by molar-refractivity contribution is 0.669. The third-order valence-electron chi connectivity index (χ3n) is 12.4. The molecule has 0 atom stereocenters.